The van der Waals surface area contributed by atoms with Gasteiger partial charge in [-0.1, -0.05) is 6.07 Å². The van der Waals surface area contributed by atoms with Gasteiger partial charge in [0.05, 0.1) is 6.04 Å². The molecule has 2 aromatic rings. The summed E-state index contributed by atoms with van der Waals surface area (Å²) in [5, 5.41) is 8.05. The molecule has 1 unspecified atom stereocenters. The lowest BCUT2D eigenvalue weighted by molar-refractivity contribution is 0.235. The highest BCUT2D eigenvalue weighted by molar-refractivity contribution is 5.39. The summed E-state index contributed by atoms with van der Waals surface area (Å²) in [6.07, 6.45) is 0. The van der Waals surface area contributed by atoms with Crippen molar-refractivity contribution in [2.24, 2.45) is 0 Å². The first-order chi connectivity index (χ1) is 8.24. The largest absolute Gasteiger partial charge is 0.305 e. The third-order valence-corrected chi connectivity index (χ3v) is 3.26. The molecule has 1 N–H and O–H groups in total. The van der Waals surface area contributed by atoms with Crippen LogP contribution >= 0.6 is 0 Å². The SMILES string of the molecule is Cc1cccc2nc(C3CN(C)CCN3)nn12. The predicted molar refractivity (Wildman–Crippen MR) is 66.0 cm³/mol. The first-order valence-electron chi connectivity index (χ1n) is 5.98. The summed E-state index contributed by atoms with van der Waals surface area (Å²) in [6, 6.07) is 6.30. The van der Waals surface area contributed by atoms with Gasteiger partial charge in [-0.25, -0.2) is 9.50 Å². The average Bonchev–Trinajstić information content (AvgIpc) is 2.74. The highest BCUT2D eigenvalue weighted by Gasteiger charge is 2.22. The standard InChI is InChI=1S/C12H17N5/c1-9-4-3-5-11-14-12(15-17(9)11)10-8-16(2)7-6-13-10/h3-5,10,13H,6-8H2,1-2H3. The van der Waals surface area contributed by atoms with Gasteiger partial charge in [-0.15, -0.1) is 5.10 Å². The number of fused-ring (bicyclic) bond motifs is 1. The maximum Gasteiger partial charge on any atom is 0.169 e. The van der Waals surface area contributed by atoms with Crippen molar-refractivity contribution in [3.63, 3.8) is 0 Å². The lowest BCUT2D eigenvalue weighted by Gasteiger charge is -2.28. The molecule has 1 atom stereocenters. The number of pyridine rings is 1. The van der Waals surface area contributed by atoms with E-state index in [1.807, 2.05) is 29.6 Å². The number of aromatic nitrogens is 3. The predicted octanol–water partition coefficient (Wildman–Crippen LogP) is 0.614. The van der Waals surface area contributed by atoms with Crippen molar-refractivity contribution in [3.8, 4) is 0 Å². The monoisotopic (exact) mass is 231 g/mol. The van der Waals surface area contributed by atoms with Gasteiger partial charge in [-0.2, -0.15) is 0 Å². The molecule has 3 heterocycles. The molecule has 0 aliphatic carbocycles. The molecular formula is C12H17N5. The van der Waals surface area contributed by atoms with Crippen molar-refractivity contribution in [1.82, 2.24) is 24.8 Å². The molecule has 5 heteroatoms. The molecular weight excluding hydrogens is 214 g/mol. The number of rotatable bonds is 1. The topological polar surface area (TPSA) is 45.5 Å². The van der Waals surface area contributed by atoms with Crippen LogP contribution in [0.5, 0.6) is 0 Å². The van der Waals surface area contributed by atoms with Gasteiger partial charge in [-0.3, -0.25) is 0 Å². The Balaban J connectivity index is 1.97. The average molecular weight is 231 g/mol. The Morgan fingerprint density at radius 1 is 1.41 bits per heavy atom. The molecule has 2 aromatic heterocycles. The second-order valence-corrected chi connectivity index (χ2v) is 4.68. The molecule has 90 valence electrons. The Hall–Kier alpha value is -1.46. The van der Waals surface area contributed by atoms with E-state index in [-0.39, 0.29) is 6.04 Å². The van der Waals surface area contributed by atoms with Crippen LogP contribution in [0.25, 0.3) is 5.65 Å². The van der Waals surface area contributed by atoms with Gasteiger partial charge in [-0.05, 0) is 26.1 Å². The first-order valence-corrected chi connectivity index (χ1v) is 5.98. The lowest BCUT2D eigenvalue weighted by atomic mass is 10.2. The molecule has 0 spiro atoms. The van der Waals surface area contributed by atoms with E-state index in [1.165, 1.54) is 0 Å². The van der Waals surface area contributed by atoms with Crippen molar-refractivity contribution in [2.45, 2.75) is 13.0 Å². The number of piperazine rings is 1. The molecule has 17 heavy (non-hydrogen) atoms. The molecule has 0 amide bonds. The highest BCUT2D eigenvalue weighted by atomic mass is 15.3. The molecule has 0 radical (unpaired) electrons. The second kappa shape index (κ2) is 4.09. The zero-order valence-electron chi connectivity index (χ0n) is 10.2. The third kappa shape index (κ3) is 1.92. The fraction of sp³-hybridized carbons (Fsp3) is 0.500. The number of nitrogens with one attached hydrogen (secondary N) is 1. The second-order valence-electron chi connectivity index (χ2n) is 4.68. The normalized spacial score (nSPS) is 22.1. The van der Waals surface area contributed by atoms with Crippen LogP contribution < -0.4 is 5.32 Å². The van der Waals surface area contributed by atoms with E-state index in [9.17, 15) is 0 Å². The molecule has 3 rings (SSSR count). The van der Waals surface area contributed by atoms with Crippen molar-refractivity contribution in [3.05, 3.63) is 29.7 Å². The van der Waals surface area contributed by atoms with E-state index in [0.717, 1.165) is 36.8 Å². The van der Waals surface area contributed by atoms with E-state index in [4.69, 9.17) is 0 Å². The van der Waals surface area contributed by atoms with Crippen LogP contribution in [0.4, 0.5) is 0 Å². The third-order valence-electron chi connectivity index (χ3n) is 3.26. The molecule has 1 aliphatic heterocycles. The Labute approximate surface area is 100 Å². The van der Waals surface area contributed by atoms with Crippen molar-refractivity contribution < 1.29 is 0 Å². The van der Waals surface area contributed by atoms with E-state index >= 15 is 0 Å². The van der Waals surface area contributed by atoms with Gasteiger partial charge < -0.3 is 10.2 Å². The summed E-state index contributed by atoms with van der Waals surface area (Å²) < 4.78 is 1.91. The smallest absolute Gasteiger partial charge is 0.169 e. The number of hydrogen-bond donors (Lipinski definition) is 1. The number of nitrogens with zero attached hydrogens (tertiary/aromatic N) is 4. The summed E-state index contributed by atoms with van der Waals surface area (Å²) >= 11 is 0. The zero-order valence-corrected chi connectivity index (χ0v) is 10.2. The van der Waals surface area contributed by atoms with E-state index in [2.05, 4.69) is 27.3 Å². The van der Waals surface area contributed by atoms with Gasteiger partial charge in [0.25, 0.3) is 0 Å². The van der Waals surface area contributed by atoms with Gasteiger partial charge in [0, 0.05) is 25.3 Å². The van der Waals surface area contributed by atoms with Crippen LogP contribution in [0.2, 0.25) is 0 Å². The highest BCUT2D eigenvalue weighted by Crippen LogP contribution is 2.14. The minimum atomic E-state index is 0.244. The van der Waals surface area contributed by atoms with Crippen LogP contribution in [0.15, 0.2) is 18.2 Å². The van der Waals surface area contributed by atoms with Crippen LogP contribution in [0.3, 0.4) is 0 Å². The fourth-order valence-corrected chi connectivity index (χ4v) is 2.27. The number of likely N-dealkylation sites (N-methyl/N-ethyl adjacent to an activating group) is 1. The van der Waals surface area contributed by atoms with Crippen LogP contribution in [-0.4, -0.2) is 46.2 Å². The van der Waals surface area contributed by atoms with E-state index in [1.54, 1.807) is 0 Å². The van der Waals surface area contributed by atoms with E-state index < -0.39 is 0 Å². The van der Waals surface area contributed by atoms with Crippen LogP contribution in [0.1, 0.15) is 17.6 Å². The minimum absolute atomic E-state index is 0.244. The van der Waals surface area contributed by atoms with Gasteiger partial charge in [0.1, 0.15) is 0 Å². The Morgan fingerprint density at radius 3 is 3.06 bits per heavy atom. The number of aryl methyl sites for hydroxylation is 1. The summed E-state index contributed by atoms with van der Waals surface area (Å²) in [5.74, 6) is 0.894. The summed E-state index contributed by atoms with van der Waals surface area (Å²) in [4.78, 5) is 6.90. The molecule has 1 fully saturated rings. The minimum Gasteiger partial charge on any atom is -0.305 e. The Morgan fingerprint density at radius 2 is 2.29 bits per heavy atom. The van der Waals surface area contributed by atoms with Gasteiger partial charge in [0.2, 0.25) is 0 Å². The Bertz CT molecular complexity index is 533. The Kier molecular flexibility index (Phi) is 2.57. The van der Waals surface area contributed by atoms with E-state index in [0.29, 0.717) is 0 Å². The van der Waals surface area contributed by atoms with Gasteiger partial charge in [0.15, 0.2) is 11.5 Å². The summed E-state index contributed by atoms with van der Waals surface area (Å²) in [6.45, 7) is 5.10. The summed E-state index contributed by atoms with van der Waals surface area (Å²) in [7, 11) is 2.13. The van der Waals surface area contributed by atoms with Crippen LogP contribution in [-0.2, 0) is 0 Å². The molecule has 0 aromatic carbocycles. The molecule has 1 saturated heterocycles. The van der Waals surface area contributed by atoms with Crippen molar-refractivity contribution in [2.75, 3.05) is 26.7 Å². The van der Waals surface area contributed by atoms with Crippen molar-refractivity contribution >= 4 is 5.65 Å². The molecule has 0 bridgehead atoms. The fourth-order valence-electron chi connectivity index (χ4n) is 2.27. The maximum absolute atomic E-state index is 4.59. The van der Waals surface area contributed by atoms with Gasteiger partial charge >= 0.3 is 0 Å². The lowest BCUT2D eigenvalue weighted by Crippen LogP contribution is -2.44. The molecule has 1 aliphatic rings. The zero-order chi connectivity index (χ0) is 11.8. The first kappa shape index (κ1) is 10.7. The molecule has 0 saturated carbocycles. The summed E-state index contributed by atoms with van der Waals surface area (Å²) in [5.41, 5.74) is 2.04. The number of hydrogen-bond acceptors (Lipinski definition) is 4. The quantitative estimate of drug-likeness (QED) is 0.781. The van der Waals surface area contributed by atoms with Crippen LogP contribution in [0, 0.1) is 6.92 Å². The maximum atomic E-state index is 4.59. The molecule has 5 nitrogen and oxygen atoms in total. The van der Waals surface area contributed by atoms with Crippen molar-refractivity contribution in [1.29, 1.82) is 0 Å².